The summed E-state index contributed by atoms with van der Waals surface area (Å²) in [5, 5.41) is 23.5. The summed E-state index contributed by atoms with van der Waals surface area (Å²) in [5.74, 6) is -0.0119. The molecule has 0 saturated carbocycles. The second-order valence-electron chi connectivity index (χ2n) is 27.8. The third-order valence-corrected chi connectivity index (χ3v) is 19.1. The maximum Gasteiger partial charge on any atom is 0.305 e. The molecule has 0 saturated heterocycles. The molecule has 0 aliphatic rings. The molecular weight excluding hydrogens is 1050 g/mol. The van der Waals surface area contributed by atoms with Crippen molar-refractivity contribution in [3.63, 3.8) is 0 Å². The number of carbonyl (C=O) groups excluding carboxylic acids is 2. The van der Waals surface area contributed by atoms with Crippen molar-refractivity contribution < 1.29 is 24.5 Å². The Bertz CT molecular complexity index is 1300. The molecule has 0 bridgehead atoms. The van der Waals surface area contributed by atoms with E-state index in [4.69, 9.17) is 4.74 Å². The van der Waals surface area contributed by atoms with Gasteiger partial charge in [0.05, 0.1) is 25.4 Å². The summed E-state index contributed by atoms with van der Waals surface area (Å²) >= 11 is 0. The van der Waals surface area contributed by atoms with Gasteiger partial charge in [0.2, 0.25) is 5.91 Å². The number of unbranched alkanes of at least 4 members (excludes halogenated alkanes) is 63. The topological polar surface area (TPSA) is 95.9 Å². The summed E-state index contributed by atoms with van der Waals surface area (Å²) < 4.78 is 5.49. The van der Waals surface area contributed by atoms with Crippen molar-refractivity contribution in [3.8, 4) is 0 Å². The fraction of sp³-hybridized carbons (Fsp3) is 0.950. The molecule has 0 radical (unpaired) electrons. The Kier molecular flexibility index (Phi) is 74.8. The van der Waals surface area contributed by atoms with Crippen LogP contribution in [0.1, 0.15) is 463 Å². The van der Waals surface area contributed by atoms with Crippen LogP contribution in [-0.4, -0.2) is 47.4 Å². The number of carbonyl (C=O) groups is 2. The normalized spacial score (nSPS) is 12.5. The van der Waals surface area contributed by atoms with Crippen molar-refractivity contribution in [1.29, 1.82) is 0 Å². The molecule has 0 rings (SSSR count). The lowest BCUT2D eigenvalue weighted by atomic mass is 10.0. The number of hydrogen-bond acceptors (Lipinski definition) is 5. The van der Waals surface area contributed by atoms with Crippen molar-refractivity contribution in [2.45, 2.75) is 475 Å². The van der Waals surface area contributed by atoms with E-state index in [0.29, 0.717) is 25.9 Å². The van der Waals surface area contributed by atoms with Crippen LogP contribution in [0.5, 0.6) is 0 Å². The second kappa shape index (κ2) is 76.1. The molecule has 0 heterocycles. The molecule has 0 aromatic carbocycles. The summed E-state index contributed by atoms with van der Waals surface area (Å²) in [5.41, 5.74) is 0. The highest BCUT2D eigenvalue weighted by Crippen LogP contribution is 2.20. The van der Waals surface area contributed by atoms with E-state index in [9.17, 15) is 19.8 Å². The van der Waals surface area contributed by atoms with Crippen LogP contribution in [-0.2, 0) is 14.3 Å². The zero-order valence-corrected chi connectivity index (χ0v) is 58.8. The van der Waals surface area contributed by atoms with Gasteiger partial charge in [0.25, 0.3) is 0 Å². The molecule has 2 unspecified atom stereocenters. The molecule has 0 aromatic heterocycles. The summed E-state index contributed by atoms with van der Waals surface area (Å²) in [6.07, 6.45) is 95.9. The SMILES string of the molecule is CCCCCCC/C=C\CCCCCCCC(=O)OCCCCCCCCCCCCCCCCCCCCCCCCCCCCCCCCC(=O)NC(CO)C(O)CCCCCCCCCCCCCCCCCCCCCCCCCCC. The first-order valence-corrected chi connectivity index (χ1v) is 39.9. The molecule has 512 valence electrons. The molecule has 0 aromatic rings. The summed E-state index contributed by atoms with van der Waals surface area (Å²) in [6, 6.07) is -0.539. The Balaban J connectivity index is 3.34. The Morgan fingerprint density at radius 2 is 0.547 bits per heavy atom. The quantitative estimate of drug-likeness (QED) is 0.0320. The smallest absolute Gasteiger partial charge is 0.305 e. The highest BCUT2D eigenvalue weighted by molar-refractivity contribution is 5.76. The van der Waals surface area contributed by atoms with Crippen molar-refractivity contribution in [1.82, 2.24) is 5.32 Å². The minimum Gasteiger partial charge on any atom is -0.466 e. The van der Waals surface area contributed by atoms with Crippen LogP contribution in [0.3, 0.4) is 0 Å². The van der Waals surface area contributed by atoms with E-state index < -0.39 is 12.1 Å². The first-order valence-electron chi connectivity index (χ1n) is 39.9. The highest BCUT2D eigenvalue weighted by atomic mass is 16.5. The number of aliphatic hydroxyl groups excluding tert-OH is 2. The summed E-state index contributed by atoms with van der Waals surface area (Å²) in [6.45, 7) is 5.00. The van der Waals surface area contributed by atoms with Crippen LogP contribution < -0.4 is 5.32 Å². The van der Waals surface area contributed by atoms with E-state index in [1.165, 1.54) is 385 Å². The van der Waals surface area contributed by atoms with Gasteiger partial charge in [-0.05, 0) is 51.4 Å². The zero-order chi connectivity index (χ0) is 62.0. The lowest BCUT2D eigenvalue weighted by Gasteiger charge is -2.22. The van der Waals surface area contributed by atoms with E-state index >= 15 is 0 Å². The van der Waals surface area contributed by atoms with Crippen LogP contribution >= 0.6 is 0 Å². The third kappa shape index (κ3) is 71.7. The van der Waals surface area contributed by atoms with Gasteiger partial charge in [0.1, 0.15) is 0 Å². The van der Waals surface area contributed by atoms with Crippen LogP contribution in [0.2, 0.25) is 0 Å². The maximum absolute atomic E-state index is 12.6. The number of esters is 1. The molecular formula is C80H157NO5. The first kappa shape index (κ1) is 84.6. The lowest BCUT2D eigenvalue weighted by molar-refractivity contribution is -0.143. The molecule has 3 N–H and O–H groups in total. The molecule has 0 aliphatic heterocycles. The van der Waals surface area contributed by atoms with Gasteiger partial charge in [-0.25, -0.2) is 0 Å². The van der Waals surface area contributed by atoms with Crippen molar-refractivity contribution in [2.24, 2.45) is 0 Å². The third-order valence-electron chi connectivity index (χ3n) is 19.1. The van der Waals surface area contributed by atoms with E-state index in [1.54, 1.807) is 0 Å². The van der Waals surface area contributed by atoms with Gasteiger partial charge >= 0.3 is 5.97 Å². The molecule has 86 heavy (non-hydrogen) atoms. The van der Waals surface area contributed by atoms with Crippen molar-refractivity contribution >= 4 is 11.9 Å². The van der Waals surface area contributed by atoms with Crippen LogP contribution in [0.15, 0.2) is 12.2 Å². The maximum atomic E-state index is 12.6. The lowest BCUT2D eigenvalue weighted by Crippen LogP contribution is -2.45. The van der Waals surface area contributed by atoms with Gasteiger partial charge < -0.3 is 20.3 Å². The Morgan fingerprint density at radius 1 is 0.314 bits per heavy atom. The Labute approximate surface area is 539 Å². The zero-order valence-electron chi connectivity index (χ0n) is 58.8. The van der Waals surface area contributed by atoms with Crippen LogP contribution in [0.25, 0.3) is 0 Å². The Morgan fingerprint density at radius 3 is 0.826 bits per heavy atom. The van der Waals surface area contributed by atoms with E-state index in [0.717, 1.165) is 44.9 Å². The predicted molar refractivity (Wildman–Crippen MR) is 380 cm³/mol. The minimum atomic E-state index is -0.663. The summed E-state index contributed by atoms with van der Waals surface area (Å²) in [4.78, 5) is 24.7. The van der Waals surface area contributed by atoms with E-state index in [-0.39, 0.29) is 18.5 Å². The van der Waals surface area contributed by atoms with E-state index in [1.807, 2.05) is 0 Å². The van der Waals surface area contributed by atoms with Crippen LogP contribution in [0.4, 0.5) is 0 Å². The van der Waals surface area contributed by atoms with Crippen molar-refractivity contribution in [3.05, 3.63) is 12.2 Å². The standard InChI is InChI=1S/C80H157NO5/c1-3-5-7-9-11-13-15-17-19-20-21-22-23-30-33-36-39-42-45-48-52-56-60-64-68-72-78(83)77(76-82)81-79(84)73-69-65-61-57-53-49-46-43-40-37-34-31-28-26-24-25-27-29-32-35-38-41-44-47-51-55-59-63-67-71-75-86-80(85)74-70-66-62-58-54-50-18-16-14-12-10-8-6-4-2/h16,18,77-78,82-83H,3-15,17,19-76H2,1-2H3,(H,81,84)/b18-16-. The minimum absolute atomic E-state index is 0.0129. The number of hydrogen-bond donors (Lipinski definition) is 3. The molecule has 1 amide bonds. The molecule has 6 nitrogen and oxygen atoms in total. The first-order chi connectivity index (χ1) is 42.5. The number of nitrogens with one attached hydrogen (secondary N) is 1. The van der Waals surface area contributed by atoms with Gasteiger partial charge in [0, 0.05) is 12.8 Å². The highest BCUT2D eigenvalue weighted by Gasteiger charge is 2.20. The average Bonchev–Trinajstić information content (AvgIpc) is 3.54. The molecule has 6 heteroatoms. The van der Waals surface area contributed by atoms with Gasteiger partial charge in [-0.1, -0.05) is 411 Å². The van der Waals surface area contributed by atoms with Crippen molar-refractivity contribution in [2.75, 3.05) is 13.2 Å². The van der Waals surface area contributed by atoms with E-state index in [2.05, 4.69) is 31.3 Å². The number of allylic oxidation sites excluding steroid dienone is 2. The molecule has 2 atom stereocenters. The average molecular weight is 1210 g/mol. The largest absolute Gasteiger partial charge is 0.466 e. The van der Waals surface area contributed by atoms with Crippen LogP contribution in [0, 0.1) is 0 Å². The van der Waals surface area contributed by atoms with Gasteiger partial charge in [0.15, 0.2) is 0 Å². The molecule has 0 aliphatic carbocycles. The summed E-state index contributed by atoms with van der Waals surface area (Å²) in [7, 11) is 0. The molecule has 0 spiro atoms. The fourth-order valence-electron chi connectivity index (χ4n) is 13.0. The number of ether oxygens (including phenoxy) is 1. The fourth-order valence-corrected chi connectivity index (χ4v) is 13.0. The van der Waals surface area contributed by atoms with Gasteiger partial charge in [-0.3, -0.25) is 9.59 Å². The Hall–Kier alpha value is -1.40. The second-order valence-corrected chi connectivity index (χ2v) is 27.8. The number of aliphatic hydroxyl groups is 2. The van der Waals surface area contributed by atoms with Gasteiger partial charge in [-0.15, -0.1) is 0 Å². The van der Waals surface area contributed by atoms with Gasteiger partial charge in [-0.2, -0.15) is 0 Å². The monoisotopic (exact) mass is 1210 g/mol. The molecule has 0 fully saturated rings. The predicted octanol–water partition coefficient (Wildman–Crippen LogP) is 26.3. The number of rotatable bonds is 76. The number of amides is 1.